The lowest BCUT2D eigenvalue weighted by Crippen LogP contribution is -2.35. The average Bonchev–Trinajstić information content (AvgIpc) is 2.82. The van der Waals surface area contributed by atoms with Gasteiger partial charge in [0.25, 0.3) is 0 Å². The minimum atomic E-state index is 0.826. The van der Waals surface area contributed by atoms with E-state index in [1.165, 1.54) is 55.5 Å². The summed E-state index contributed by atoms with van der Waals surface area (Å²) in [4.78, 5) is 2.69. The van der Waals surface area contributed by atoms with E-state index in [0.29, 0.717) is 0 Å². The summed E-state index contributed by atoms with van der Waals surface area (Å²) in [6.45, 7) is 3.53. The van der Waals surface area contributed by atoms with Gasteiger partial charge in [0, 0.05) is 23.6 Å². The number of benzene rings is 1. The summed E-state index contributed by atoms with van der Waals surface area (Å²) < 4.78 is 0. The smallest absolute Gasteiger partial charge is 0.0398 e. The van der Waals surface area contributed by atoms with Gasteiger partial charge in [-0.1, -0.05) is 40.9 Å². The summed E-state index contributed by atoms with van der Waals surface area (Å²) in [5.74, 6) is 0.967. The van der Waals surface area contributed by atoms with Crippen molar-refractivity contribution in [2.45, 2.75) is 50.4 Å². The Morgan fingerprint density at radius 3 is 2.83 bits per heavy atom. The molecule has 0 aromatic heterocycles. The first kappa shape index (κ1) is 12.5. The molecule has 0 radical (unpaired) electrons. The third-order valence-electron chi connectivity index (χ3n) is 4.74. The molecule has 2 aliphatic rings. The highest BCUT2D eigenvalue weighted by molar-refractivity contribution is 9.08. The second-order valence-corrected chi connectivity index (χ2v) is 6.41. The lowest BCUT2D eigenvalue weighted by Gasteiger charge is -2.34. The molecular weight excluding hydrogens is 286 g/mol. The number of aryl methyl sites for hydroxylation is 1. The lowest BCUT2D eigenvalue weighted by molar-refractivity contribution is 0.342. The van der Waals surface area contributed by atoms with Gasteiger partial charge in [-0.25, -0.2) is 0 Å². The second kappa shape index (κ2) is 5.24. The van der Waals surface area contributed by atoms with Crippen LogP contribution in [-0.4, -0.2) is 12.6 Å². The number of halogens is 1. The molecule has 3 rings (SSSR count). The zero-order chi connectivity index (χ0) is 12.5. The van der Waals surface area contributed by atoms with Crippen molar-refractivity contribution in [1.82, 2.24) is 0 Å². The SMILES string of the molecule is Cc1cc(CBr)ccc1N1CCC2CCCCC21. The zero-order valence-corrected chi connectivity index (χ0v) is 12.7. The van der Waals surface area contributed by atoms with Crippen LogP contribution < -0.4 is 4.90 Å². The molecule has 1 aromatic carbocycles. The van der Waals surface area contributed by atoms with Gasteiger partial charge in [-0.05, 0) is 49.3 Å². The van der Waals surface area contributed by atoms with Crippen molar-refractivity contribution in [1.29, 1.82) is 0 Å². The highest BCUT2D eigenvalue weighted by atomic mass is 79.9. The normalized spacial score (nSPS) is 27.3. The standard InChI is InChI=1S/C16H22BrN/c1-12-10-13(11-17)6-7-15(12)18-9-8-14-4-2-3-5-16(14)18/h6-7,10,14,16H,2-5,8-9,11H2,1H3. The van der Waals surface area contributed by atoms with E-state index in [1.807, 2.05) is 0 Å². The molecular formula is C16H22BrN. The van der Waals surface area contributed by atoms with Crippen molar-refractivity contribution >= 4 is 21.6 Å². The van der Waals surface area contributed by atoms with Gasteiger partial charge in [0.05, 0.1) is 0 Å². The van der Waals surface area contributed by atoms with E-state index in [-0.39, 0.29) is 0 Å². The van der Waals surface area contributed by atoms with Gasteiger partial charge in [-0.3, -0.25) is 0 Å². The van der Waals surface area contributed by atoms with Crippen molar-refractivity contribution in [3.8, 4) is 0 Å². The maximum Gasteiger partial charge on any atom is 0.0398 e. The molecule has 1 saturated heterocycles. The summed E-state index contributed by atoms with van der Waals surface area (Å²) in [7, 11) is 0. The van der Waals surface area contributed by atoms with Crippen molar-refractivity contribution in [3.05, 3.63) is 29.3 Å². The number of rotatable bonds is 2. The fourth-order valence-electron chi connectivity index (χ4n) is 3.83. The van der Waals surface area contributed by atoms with Gasteiger partial charge >= 0.3 is 0 Å². The number of hydrogen-bond donors (Lipinski definition) is 0. The van der Waals surface area contributed by atoms with E-state index in [4.69, 9.17) is 0 Å². The van der Waals surface area contributed by atoms with Crippen molar-refractivity contribution in [2.75, 3.05) is 11.4 Å². The molecule has 2 atom stereocenters. The van der Waals surface area contributed by atoms with Crippen molar-refractivity contribution in [2.24, 2.45) is 5.92 Å². The van der Waals surface area contributed by atoms with Crippen molar-refractivity contribution < 1.29 is 0 Å². The fourth-order valence-corrected chi connectivity index (χ4v) is 4.18. The Morgan fingerprint density at radius 1 is 1.22 bits per heavy atom. The predicted octanol–water partition coefficient (Wildman–Crippen LogP) is 4.66. The number of nitrogens with zero attached hydrogens (tertiary/aromatic N) is 1. The van der Waals surface area contributed by atoms with E-state index in [0.717, 1.165) is 17.3 Å². The number of fused-ring (bicyclic) bond motifs is 1. The summed E-state index contributed by atoms with van der Waals surface area (Å²) in [5.41, 5.74) is 4.31. The molecule has 1 nitrogen and oxygen atoms in total. The monoisotopic (exact) mass is 307 g/mol. The van der Waals surface area contributed by atoms with Gasteiger partial charge in [0.2, 0.25) is 0 Å². The molecule has 98 valence electrons. The quantitative estimate of drug-likeness (QED) is 0.718. The molecule has 1 heterocycles. The molecule has 2 unspecified atom stereocenters. The van der Waals surface area contributed by atoms with Gasteiger partial charge in [-0.2, -0.15) is 0 Å². The van der Waals surface area contributed by atoms with E-state index in [9.17, 15) is 0 Å². The van der Waals surface area contributed by atoms with Gasteiger partial charge in [0.15, 0.2) is 0 Å². The van der Waals surface area contributed by atoms with Crippen LogP contribution >= 0.6 is 15.9 Å². The van der Waals surface area contributed by atoms with Crippen LogP contribution in [0.3, 0.4) is 0 Å². The van der Waals surface area contributed by atoms with Crippen LogP contribution in [0.5, 0.6) is 0 Å². The van der Waals surface area contributed by atoms with E-state index in [1.54, 1.807) is 0 Å². The minimum Gasteiger partial charge on any atom is -0.368 e. The van der Waals surface area contributed by atoms with Crippen molar-refractivity contribution in [3.63, 3.8) is 0 Å². The van der Waals surface area contributed by atoms with Crippen LogP contribution in [0.15, 0.2) is 18.2 Å². The molecule has 0 N–H and O–H groups in total. The molecule has 0 spiro atoms. The van der Waals surface area contributed by atoms with Gasteiger partial charge < -0.3 is 4.90 Å². The van der Waals surface area contributed by atoms with E-state index >= 15 is 0 Å². The first-order chi connectivity index (χ1) is 8.79. The fraction of sp³-hybridized carbons (Fsp3) is 0.625. The zero-order valence-electron chi connectivity index (χ0n) is 11.2. The van der Waals surface area contributed by atoms with Crippen LogP contribution in [0, 0.1) is 12.8 Å². The Bertz CT molecular complexity index is 429. The Morgan fingerprint density at radius 2 is 2.06 bits per heavy atom. The highest BCUT2D eigenvalue weighted by Gasteiger charge is 2.36. The second-order valence-electron chi connectivity index (χ2n) is 5.85. The summed E-state index contributed by atoms with van der Waals surface area (Å²) in [6, 6.07) is 7.77. The van der Waals surface area contributed by atoms with Crippen LogP contribution in [0.2, 0.25) is 0 Å². The van der Waals surface area contributed by atoms with Gasteiger partial charge in [0.1, 0.15) is 0 Å². The lowest BCUT2D eigenvalue weighted by atomic mass is 9.85. The number of alkyl halides is 1. The number of anilines is 1. The Balaban J connectivity index is 1.86. The Kier molecular flexibility index (Phi) is 3.65. The molecule has 0 bridgehead atoms. The first-order valence-electron chi connectivity index (χ1n) is 7.21. The summed E-state index contributed by atoms with van der Waals surface area (Å²) in [6.07, 6.45) is 7.15. The Labute approximate surface area is 119 Å². The Hall–Kier alpha value is -0.500. The first-order valence-corrected chi connectivity index (χ1v) is 8.34. The molecule has 2 heteroatoms. The molecule has 0 amide bonds. The molecule has 18 heavy (non-hydrogen) atoms. The minimum absolute atomic E-state index is 0.826. The van der Waals surface area contributed by atoms with Crippen LogP contribution in [0.1, 0.15) is 43.2 Å². The molecule has 1 aliphatic heterocycles. The topological polar surface area (TPSA) is 3.24 Å². The predicted molar refractivity (Wildman–Crippen MR) is 81.5 cm³/mol. The third kappa shape index (κ3) is 2.20. The molecule has 1 aromatic rings. The van der Waals surface area contributed by atoms with E-state index < -0.39 is 0 Å². The largest absolute Gasteiger partial charge is 0.368 e. The van der Waals surface area contributed by atoms with Crippen LogP contribution in [-0.2, 0) is 5.33 Å². The maximum atomic E-state index is 3.54. The highest BCUT2D eigenvalue weighted by Crippen LogP contribution is 2.39. The summed E-state index contributed by atoms with van der Waals surface area (Å²) in [5, 5.41) is 0.959. The van der Waals surface area contributed by atoms with Crippen LogP contribution in [0.25, 0.3) is 0 Å². The van der Waals surface area contributed by atoms with Crippen LogP contribution in [0.4, 0.5) is 5.69 Å². The average molecular weight is 308 g/mol. The molecule has 1 aliphatic carbocycles. The van der Waals surface area contributed by atoms with E-state index in [2.05, 4.69) is 46.0 Å². The molecule has 1 saturated carbocycles. The maximum absolute atomic E-state index is 3.54. The van der Waals surface area contributed by atoms with Gasteiger partial charge in [-0.15, -0.1) is 0 Å². The third-order valence-corrected chi connectivity index (χ3v) is 5.38. The molecule has 2 fully saturated rings. The number of hydrogen-bond acceptors (Lipinski definition) is 1. The summed E-state index contributed by atoms with van der Waals surface area (Å²) >= 11 is 3.54.